The van der Waals surface area contributed by atoms with Crippen molar-refractivity contribution < 1.29 is 14.6 Å². The van der Waals surface area contributed by atoms with Gasteiger partial charge < -0.3 is 14.7 Å². The SMILES string of the molecule is COc1cccc(N(C)C(=O)c2cccc(O)c2C)c1. The van der Waals surface area contributed by atoms with Crippen LogP contribution in [0.4, 0.5) is 5.69 Å². The molecule has 4 nitrogen and oxygen atoms in total. The lowest BCUT2D eigenvalue weighted by atomic mass is 10.1. The van der Waals surface area contributed by atoms with Gasteiger partial charge in [0.15, 0.2) is 0 Å². The first kappa shape index (κ1) is 13.9. The van der Waals surface area contributed by atoms with E-state index in [0.717, 1.165) is 5.69 Å². The molecule has 0 fully saturated rings. The predicted octanol–water partition coefficient (Wildman–Crippen LogP) is 2.99. The minimum Gasteiger partial charge on any atom is -0.508 e. The van der Waals surface area contributed by atoms with E-state index in [9.17, 15) is 9.90 Å². The summed E-state index contributed by atoms with van der Waals surface area (Å²) in [5.41, 5.74) is 1.79. The monoisotopic (exact) mass is 271 g/mol. The highest BCUT2D eigenvalue weighted by Gasteiger charge is 2.17. The summed E-state index contributed by atoms with van der Waals surface area (Å²) in [4.78, 5) is 14.0. The lowest BCUT2D eigenvalue weighted by Crippen LogP contribution is -2.26. The highest BCUT2D eigenvalue weighted by Crippen LogP contribution is 2.25. The maximum atomic E-state index is 12.5. The first-order valence-electron chi connectivity index (χ1n) is 6.25. The zero-order chi connectivity index (χ0) is 14.7. The van der Waals surface area contributed by atoms with E-state index in [1.807, 2.05) is 18.2 Å². The Labute approximate surface area is 118 Å². The number of aromatic hydroxyl groups is 1. The van der Waals surface area contributed by atoms with E-state index in [1.165, 1.54) is 4.90 Å². The molecular formula is C16H17NO3. The molecule has 1 amide bonds. The van der Waals surface area contributed by atoms with Crippen LogP contribution in [0.1, 0.15) is 15.9 Å². The smallest absolute Gasteiger partial charge is 0.258 e. The van der Waals surface area contributed by atoms with E-state index < -0.39 is 0 Å². The molecule has 1 N–H and O–H groups in total. The van der Waals surface area contributed by atoms with Crippen LogP contribution in [-0.2, 0) is 0 Å². The molecule has 104 valence electrons. The fraction of sp³-hybridized carbons (Fsp3) is 0.188. The van der Waals surface area contributed by atoms with Gasteiger partial charge in [0.2, 0.25) is 0 Å². The van der Waals surface area contributed by atoms with Crippen LogP contribution >= 0.6 is 0 Å². The Morgan fingerprint density at radius 3 is 2.60 bits per heavy atom. The van der Waals surface area contributed by atoms with E-state index in [0.29, 0.717) is 16.9 Å². The Bertz CT molecular complexity index is 637. The Morgan fingerprint density at radius 1 is 1.20 bits per heavy atom. The number of methoxy groups -OCH3 is 1. The molecule has 0 aliphatic carbocycles. The summed E-state index contributed by atoms with van der Waals surface area (Å²) in [5.74, 6) is 0.635. The third-order valence-electron chi connectivity index (χ3n) is 3.28. The number of carbonyl (C=O) groups is 1. The van der Waals surface area contributed by atoms with Crippen LogP contribution in [0, 0.1) is 6.92 Å². The molecule has 20 heavy (non-hydrogen) atoms. The van der Waals surface area contributed by atoms with Crippen molar-refractivity contribution in [2.24, 2.45) is 0 Å². The largest absolute Gasteiger partial charge is 0.508 e. The summed E-state index contributed by atoms with van der Waals surface area (Å²) >= 11 is 0. The fourth-order valence-electron chi connectivity index (χ4n) is 1.97. The molecule has 0 unspecified atom stereocenters. The standard InChI is InChI=1S/C16H17NO3/c1-11-14(8-5-9-15(11)18)16(19)17(2)12-6-4-7-13(10-12)20-3/h4-10,18H,1-3H3. The van der Waals surface area contributed by atoms with Crippen LogP contribution < -0.4 is 9.64 Å². The maximum Gasteiger partial charge on any atom is 0.258 e. The van der Waals surface area contributed by atoms with Gasteiger partial charge in [0.25, 0.3) is 5.91 Å². The van der Waals surface area contributed by atoms with Crippen LogP contribution in [0.15, 0.2) is 42.5 Å². The van der Waals surface area contributed by atoms with E-state index >= 15 is 0 Å². The average molecular weight is 271 g/mol. The molecule has 2 aromatic rings. The van der Waals surface area contributed by atoms with Gasteiger partial charge in [-0.3, -0.25) is 4.79 Å². The number of phenols is 1. The second kappa shape index (κ2) is 5.65. The van der Waals surface area contributed by atoms with Crippen LogP contribution in [-0.4, -0.2) is 25.2 Å². The summed E-state index contributed by atoms with van der Waals surface area (Å²) in [6.07, 6.45) is 0. The molecule has 2 rings (SSSR count). The number of hydrogen-bond acceptors (Lipinski definition) is 3. The lowest BCUT2D eigenvalue weighted by Gasteiger charge is -2.19. The minimum atomic E-state index is -0.174. The van der Waals surface area contributed by atoms with Crippen molar-refractivity contribution in [1.29, 1.82) is 0 Å². The van der Waals surface area contributed by atoms with E-state index in [1.54, 1.807) is 45.3 Å². The molecule has 0 saturated carbocycles. The van der Waals surface area contributed by atoms with Crippen LogP contribution in [0.5, 0.6) is 11.5 Å². The third kappa shape index (κ3) is 2.59. The average Bonchev–Trinajstić information content (AvgIpc) is 2.48. The molecule has 0 heterocycles. The number of benzene rings is 2. The number of ether oxygens (including phenoxy) is 1. The number of hydrogen-bond donors (Lipinski definition) is 1. The molecule has 0 aliphatic heterocycles. The first-order chi connectivity index (χ1) is 9.54. The quantitative estimate of drug-likeness (QED) is 0.933. The fourth-order valence-corrected chi connectivity index (χ4v) is 1.97. The summed E-state index contributed by atoms with van der Waals surface area (Å²) < 4.78 is 5.16. The summed E-state index contributed by atoms with van der Waals surface area (Å²) in [6.45, 7) is 1.72. The number of carbonyl (C=O) groups excluding carboxylic acids is 1. The van der Waals surface area contributed by atoms with Gasteiger partial charge in [-0.1, -0.05) is 12.1 Å². The molecule has 4 heteroatoms. The molecular weight excluding hydrogens is 254 g/mol. The van der Waals surface area contributed by atoms with Crippen molar-refractivity contribution >= 4 is 11.6 Å². The van der Waals surface area contributed by atoms with Gasteiger partial charge in [-0.2, -0.15) is 0 Å². The van der Waals surface area contributed by atoms with Gasteiger partial charge in [0.05, 0.1) is 7.11 Å². The number of amides is 1. The van der Waals surface area contributed by atoms with Crippen LogP contribution in [0.25, 0.3) is 0 Å². The van der Waals surface area contributed by atoms with Crippen molar-refractivity contribution in [2.45, 2.75) is 6.92 Å². The topological polar surface area (TPSA) is 49.8 Å². The van der Waals surface area contributed by atoms with Gasteiger partial charge >= 0.3 is 0 Å². The molecule has 2 aromatic carbocycles. The summed E-state index contributed by atoms with van der Waals surface area (Å²) in [5, 5.41) is 9.69. The molecule has 0 spiro atoms. The summed E-state index contributed by atoms with van der Waals surface area (Å²) in [7, 11) is 3.28. The Morgan fingerprint density at radius 2 is 1.90 bits per heavy atom. The van der Waals surface area contributed by atoms with E-state index in [-0.39, 0.29) is 11.7 Å². The zero-order valence-corrected chi connectivity index (χ0v) is 11.8. The predicted molar refractivity (Wildman–Crippen MR) is 78.6 cm³/mol. The molecule has 0 atom stereocenters. The number of anilines is 1. The second-order valence-corrected chi connectivity index (χ2v) is 4.52. The van der Waals surface area contributed by atoms with E-state index in [2.05, 4.69) is 0 Å². The summed E-state index contributed by atoms with van der Waals surface area (Å²) in [6, 6.07) is 12.2. The number of nitrogens with zero attached hydrogens (tertiary/aromatic N) is 1. The lowest BCUT2D eigenvalue weighted by molar-refractivity contribution is 0.0992. The molecule has 0 radical (unpaired) electrons. The highest BCUT2D eigenvalue weighted by atomic mass is 16.5. The van der Waals surface area contributed by atoms with Crippen molar-refractivity contribution in [1.82, 2.24) is 0 Å². The molecule has 0 aromatic heterocycles. The van der Waals surface area contributed by atoms with E-state index in [4.69, 9.17) is 4.74 Å². The molecule has 0 saturated heterocycles. The van der Waals surface area contributed by atoms with Crippen molar-refractivity contribution in [2.75, 3.05) is 19.1 Å². The van der Waals surface area contributed by atoms with Crippen molar-refractivity contribution in [3.05, 3.63) is 53.6 Å². The highest BCUT2D eigenvalue weighted by molar-refractivity contribution is 6.07. The van der Waals surface area contributed by atoms with Crippen molar-refractivity contribution in [3.8, 4) is 11.5 Å². The van der Waals surface area contributed by atoms with Crippen molar-refractivity contribution in [3.63, 3.8) is 0 Å². The van der Waals surface area contributed by atoms with Crippen LogP contribution in [0.2, 0.25) is 0 Å². The number of phenolic OH excluding ortho intramolecular Hbond substituents is 1. The van der Waals surface area contributed by atoms with Gasteiger partial charge in [-0.15, -0.1) is 0 Å². The Balaban J connectivity index is 2.35. The Kier molecular flexibility index (Phi) is 3.94. The normalized spacial score (nSPS) is 10.2. The maximum absolute atomic E-state index is 12.5. The second-order valence-electron chi connectivity index (χ2n) is 4.52. The van der Waals surface area contributed by atoms with Gasteiger partial charge in [0.1, 0.15) is 11.5 Å². The molecule has 0 aliphatic rings. The first-order valence-corrected chi connectivity index (χ1v) is 6.25. The molecule has 0 bridgehead atoms. The third-order valence-corrected chi connectivity index (χ3v) is 3.28. The van der Waals surface area contributed by atoms with Gasteiger partial charge in [-0.25, -0.2) is 0 Å². The minimum absolute atomic E-state index is 0.120. The van der Waals surface area contributed by atoms with Crippen LogP contribution in [0.3, 0.4) is 0 Å². The van der Waals surface area contributed by atoms with Gasteiger partial charge in [0, 0.05) is 29.9 Å². The van der Waals surface area contributed by atoms with Gasteiger partial charge in [-0.05, 0) is 31.2 Å². The Hall–Kier alpha value is -2.49. The zero-order valence-electron chi connectivity index (χ0n) is 11.8. The number of rotatable bonds is 3.